The van der Waals surface area contributed by atoms with Gasteiger partial charge in [-0.2, -0.15) is 0 Å². The molecule has 0 spiro atoms. The monoisotopic (exact) mass is 264 g/mol. The van der Waals surface area contributed by atoms with E-state index in [9.17, 15) is 24.9 Å². The van der Waals surface area contributed by atoms with Crippen LogP contribution in [0.2, 0.25) is 0 Å². The predicted molar refractivity (Wildman–Crippen MR) is 61.4 cm³/mol. The molecule has 4 atom stereocenters. The number of amides is 2. The first kappa shape index (κ1) is 16.8. The van der Waals surface area contributed by atoms with Gasteiger partial charge in [-0.1, -0.05) is 0 Å². The molecule has 0 aromatic heterocycles. The summed E-state index contributed by atoms with van der Waals surface area (Å²) in [7, 11) is 1.39. The van der Waals surface area contributed by atoms with E-state index in [-0.39, 0.29) is 6.42 Å². The quantitative estimate of drug-likeness (QED) is 0.285. The average Bonchev–Trinajstić information content (AvgIpc) is 2.34. The smallest absolute Gasteiger partial charge is 0.221 e. The zero-order valence-electron chi connectivity index (χ0n) is 10.3. The fourth-order valence-electron chi connectivity index (χ4n) is 1.39. The molecule has 0 aromatic carbocycles. The lowest BCUT2D eigenvalue weighted by Crippen LogP contribution is -2.53. The highest BCUT2D eigenvalue weighted by molar-refractivity contribution is 5.78. The molecule has 8 heteroatoms. The summed E-state index contributed by atoms with van der Waals surface area (Å²) in [4.78, 5) is 22.1. The molecule has 0 aromatic rings. The second-order valence-corrected chi connectivity index (χ2v) is 3.92. The summed E-state index contributed by atoms with van der Waals surface area (Å²) in [6.07, 6.45) is -5.06. The Morgan fingerprint density at radius 1 is 1.17 bits per heavy atom. The molecule has 0 saturated heterocycles. The number of aliphatic hydroxyl groups is 4. The average molecular weight is 264 g/mol. The van der Waals surface area contributed by atoms with Crippen molar-refractivity contribution in [2.45, 2.75) is 37.7 Å². The summed E-state index contributed by atoms with van der Waals surface area (Å²) in [6, 6.07) is -1.06. The number of nitrogens with one attached hydrogen (secondary N) is 2. The van der Waals surface area contributed by atoms with Crippen molar-refractivity contribution in [3.63, 3.8) is 0 Å². The Morgan fingerprint density at radius 3 is 2.11 bits per heavy atom. The van der Waals surface area contributed by atoms with Gasteiger partial charge in [0.1, 0.15) is 18.3 Å². The molecule has 106 valence electrons. The van der Waals surface area contributed by atoms with Crippen LogP contribution in [0.5, 0.6) is 0 Å². The van der Waals surface area contributed by atoms with E-state index in [4.69, 9.17) is 5.11 Å². The molecule has 6 N–H and O–H groups in total. The molecule has 0 rings (SSSR count). The maximum atomic E-state index is 11.2. The maximum Gasteiger partial charge on any atom is 0.221 e. The van der Waals surface area contributed by atoms with Gasteiger partial charge in [0.2, 0.25) is 11.8 Å². The second kappa shape index (κ2) is 7.98. The van der Waals surface area contributed by atoms with Crippen LogP contribution in [0.4, 0.5) is 0 Å². The lowest BCUT2D eigenvalue weighted by atomic mass is 9.98. The van der Waals surface area contributed by atoms with Gasteiger partial charge in [-0.25, -0.2) is 0 Å². The molecule has 18 heavy (non-hydrogen) atoms. The van der Waals surface area contributed by atoms with Crippen LogP contribution < -0.4 is 10.6 Å². The lowest BCUT2D eigenvalue weighted by Gasteiger charge is -2.28. The molecular weight excluding hydrogens is 244 g/mol. The van der Waals surface area contributed by atoms with Gasteiger partial charge in [-0.15, -0.1) is 0 Å². The molecule has 2 amide bonds. The maximum absolute atomic E-state index is 11.2. The third kappa shape index (κ3) is 5.41. The van der Waals surface area contributed by atoms with Gasteiger partial charge < -0.3 is 31.1 Å². The Labute approximate surface area is 105 Å². The van der Waals surface area contributed by atoms with Gasteiger partial charge in [0.25, 0.3) is 0 Å². The summed E-state index contributed by atoms with van der Waals surface area (Å²) in [5.74, 6) is -0.938. The van der Waals surface area contributed by atoms with Crippen molar-refractivity contribution in [3.05, 3.63) is 0 Å². The zero-order chi connectivity index (χ0) is 14.3. The first-order valence-electron chi connectivity index (χ1n) is 5.46. The molecule has 2 unspecified atom stereocenters. The van der Waals surface area contributed by atoms with Crippen molar-refractivity contribution in [2.75, 3.05) is 13.7 Å². The number of hydrogen-bond acceptors (Lipinski definition) is 6. The number of aliphatic hydroxyl groups excluding tert-OH is 4. The second-order valence-electron chi connectivity index (χ2n) is 3.92. The predicted octanol–water partition coefficient (Wildman–Crippen LogP) is -3.30. The largest absolute Gasteiger partial charge is 0.394 e. The molecule has 0 saturated carbocycles. The van der Waals surface area contributed by atoms with Crippen LogP contribution >= 0.6 is 0 Å². The van der Waals surface area contributed by atoms with Gasteiger partial charge >= 0.3 is 0 Å². The van der Waals surface area contributed by atoms with Crippen LogP contribution in [-0.4, -0.2) is 70.2 Å². The van der Waals surface area contributed by atoms with Gasteiger partial charge in [-0.3, -0.25) is 9.59 Å². The highest BCUT2D eigenvalue weighted by Gasteiger charge is 2.32. The molecule has 0 aliphatic carbocycles. The van der Waals surface area contributed by atoms with Crippen LogP contribution in [0.3, 0.4) is 0 Å². The van der Waals surface area contributed by atoms with Crippen LogP contribution in [0.15, 0.2) is 0 Å². The van der Waals surface area contributed by atoms with Crippen LogP contribution in [0, 0.1) is 0 Å². The van der Waals surface area contributed by atoms with E-state index in [0.29, 0.717) is 0 Å². The van der Waals surface area contributed by atoms with Crippen LogP contribution in [-0.2, 0) is 9.59 Å². The SMILES string of the molecule is CNC(=O)CC(NC(C)=O)[C@@H](O)[C@H](O)C(O)CO. The Bertz CT molecular complexity index is 286. The van der Waals surface area contributed by atoms with Crippen molar-refractivity contribution < 1.29 is 30.0 Å². The highest BCUT2D eigenvalue weighted by Crippen LogP contribution is 2.08. The van der Waals surface area contributed by atoms with E-state index < -0.39 is 42.8 Å². The first-order chi connectivity index (χ1) is 8.33. The zero-order valence-corrected chi connectivity index (χ0v) is 10.3. The van der Waals surface area contributed by atoms with E-state index in [2.05, 4.69) is 10.6 Å². The van der Waals surface area contributed by atoms with E-state index >= 15 is 0 Å². The van der Waals surface area contributed by atoms with E-state index in [1.807, 2.05) is 0 Å². The van der Waals surface area contributed by atoms with Crippen molar-refractivity contribution in [3.8, 4) is 0 Å². The molecular formula is C10H20N2O6. The summed E-state index contributed by atoms with van der Waals surface area (Å²) in [5, 5.41) is 41.7. The highest BCUT2D eigenvalue weighted by atomic mass is 16.4. The van der Waals surface area contributed by atoms with E-state index in [0.717, 1.165) is 0 Å². The number of rotatable bonds is 7. The summed E-state index contributed by atoms with van der Waals surface area (Å²) in [6.45, 7) is 0.448. The van der Waals surface area contributed by atoms with Gasteiger partial charge in [0, 0.05) is 20.4 Å². The van der Waals surface area contributed by atoms with E-state index in [1.54, 1.807) is 0 Å². The molecule has 8 nitrogen and oxygen atoms in total. The van der Waals surface area contributed by atoms with E-state index in [1.165, 1.54) is 14.0 Å². The number of carbonyl (C=O) groups is 2. The van der Waals surface area contributed by atoms with Crippen molar-refractivity contribution in [1.29, 1.82) is 0 Å². The summed E-state index contributed by atoms with van der Waals surface area (Å²) >= 11 is 0. The van der Waals surface area contributed by atoms with Crippen molar-refractivity contribution >= 4 is 11.8 Å². The Morgan fingerprint density at radius 2 is 1.72 bits per heavy atom. The third-order valence-electron chi connectivity index (χ3n) is 2.42. The fourth-order valence-corrected chi connectivity index (χ4v) is 1.39. The minimum atomic E-state index is -1.67. The molecule has 0 heterocycles. The van der Waals surface area contributed by atoms with Crippen molar-refractivity contribution in [2.24, 2.45) is 0 Å². The summed E-state index contributed by atoms with van der Waals surface area (Å²) < 4.78 is 0. The molecule has 0 bridgehead atoms. The fraction of sp³-hybridized carbons (Fsp3) is 0.800. The third-order valence-corrected chi connectivity index (χ3v) is 2.42. The number of hydrogen-bond donors (Lipinski definition) is 6. The summed E-state index contributed by atoms with van der Waals surface area (Å²) in [5.41, 5.74) is 0. The minimum absolute atomic E-state index is 0.257. The topological polar surface area (TPSA) is 139 Å². The first-order valence-corrected chi connectivity index (χ1v) is 5.46. The lowest BCUT2D eigenvalue weighted by molar-refractivity contribution is -0.128. The Balaban J connectivity index is 4.71. The standard InChI is InChI=1S/C10H20N2O6/c1-5(14)12-6(3-8(16)11-2)9(17)10(18)7(15)4-13/h6-7,9-10,13,15,17-18H,3-4H2,1-2H3,(H,11,16)(H,12,14)/t6?,7?,9-,10-/m1/s1. The van der Waals surface area contributed by atoms with Gasteiger partial charge in [0.05, 0.1) is 12.6 Å². The Hall–Kier alpha value is -1.22. The number of carbonyl (C=O) groups excluding carboxylic acids is 2. The van der Waals surface area contributed by atoms with Gasteiger partial charge in [0.15, 0.2) is 0 Å². The minimum Gasteiger partial charge on any atom is -0.394 e. The van der Waals surface area contributed by atoms with Gasteiger partial charge in [-0.05, 0) is 0 Å². The molecule has 0 fully saturated rings. The van der Waals surface area contributed by atoms with Crippen LogP contribution in [0.25, 0.3) is 0 Å². The Kier molecular flexibility index (Phi) is 7.44. The molecule has 0 radical (unpaired) electrons. The normalized spacial score (nSPS) is 17.4. The van der Waals surface area contributed by atoms with Crippen LogP contribution in [0.1, 0.15) is 13.3 Å². The molecule has 0 aliphatic rings. The van der Waals surface area contributed by atoms with Crippen molar-refractivity contribution in [1.82, 2.24) is 10.6 Å². The molecule has 0 aliphatic heterocycles.